The van der Waals surface area contributed by atoms with E-state index in [4.69, 9.17) is 35.2 Å². The molecule has 2 aliphatic rings. The molecule has 0 amide bonds. The summed E-state index contributed by atoms with van der Waals surface area (Å²) in [6.45, 7) is 3.50. The predicted molar refractivity (Wildman–Crippen MR) is 162 cm³/mol. The van der Waals surface area contributed by atoms with Crippen LogP contribution in [0.25, 0.3) is 22.0 Å². The summed E-state index contributed by atoms with van der Waals surface area (Å²) < 4.78 is 52.9. The van der Waals surface area contributed by atoms with Crippen molar-refractivity contribution in [1.82, 2.24) is 19.4 Å². The number of fused-ring (bicyclic) bond motifs is 2. The zero-order valence-electron chi connectivity index (χ0n) is 24.6. The maximum atomic E-state index is 15.1. The fourth-order valence-corrected chi connectivity index (χ4v) is 6.39. The van der Waals surface area contributed by atoms with Gasteiger partial charge in [-0.15, -0.1) is 0 Å². The largest absolute Gasteiger partial charge is 0.484 e. The van der Waals surface area contributed by atoms with Crippen molar-refractivity contribution in [2.75, 3.05) is 26.8 Å². The highest BCUT2D eigenvalue weighted by atomic mass is 35.5. The molecule has 234 valence electrons. The number of rotatable bonds is 9. The highest BCUT2D eigenvalue weighted by Crippen LogP contribution is 2.36. The molecule has 2 aliphatic heterocycles. The van der Waals surface area contributed by atoms with Crippen LogP contribution in [0, 0.1) is 11.8 Å². The number of imidazole rings is 1. The van der Waals surface area contributed by atoms with Gasteiger partial charge in [-0.05, 0) is 62.7 Å². The number of halogens is 3. The highest BCUT2D eigenvalue weighted by molar-refractivity contribution is 6.35. The molecule has 7 rings (SSSR count). The van der Waals surface area contributed by atoms with Gasteiger partial charge in [0.05, 0.1) is 53.6 Å². The van der Waals surface area contributed by atoms with Crippen molar-refractivity contribution in [1.29, 1.82) is 0 Å². The van der Waals surface area contributed by atoms with Gasteiger partial charge in [-0.1, -0.05) is 17.7 Å². The molecular weight excluding hydrogens is 606 g/mol. The number of aromatic nitrogens is 3. The van der Waals surface area contributed by atoms with Gasteiger partial charge >= 0.3 is 5.97 Å². The van der Waals surface area contributed by atoms with E-state index >= 15 is 4.39 Å². The van der Waals surface area contributed by atoms with Crippen LogP contribution in [0.2, 0.25) is 5.02 Å². The molecular formula is C33H31ClF2N4O5. The Balaban J connectivity index is 1.07. The summed E-state index contributed by atoms with van der Waals surface area (Å²) in [6, 6.07) is 10.5. The van der Waals surface area contributed by atoms with Crippen LogP contribution >= 0.6 is 11.6 Å². The first-order valence-corrected chi connectivity index (χ1v) is 15.3. The van der Waals surface area contributed by atoms with Crippen LogP contribution in [0.15, 0.2) is 53.1 Å². The first kappa shape index (κ1) is 29.6. The van der Waals surface area contributed by atoms with Gasteiger partial charge in [0.15, 0.2) is 11.6 Å². The minimum Gasteiger partial charge on any atom is -0.484 e. The number of hydrogen-bond donors (Lipinski definition) is 0. The zero-order chi connectivity index (χ0) is 31.1. The first-order chi connectivity index (χ1) is 21.9. The number of esters is 1. The Morgan fingerprint density at radius 1 is 1.11 bits per heavy atom. The second kappa shape index (κ2) is 12.4. The number of ether oxygens (including phenoxy) is 3. The number of piperidine rings is 1. The molecule has 0 bridgehead atoms. The highest BCUT2D eigenvalue weighted by Gasteiger charge is 2.28. The molecule has 0 radical (unpaired) electrons. The molecule has 2 saturated heterocycles. The Kier molecular flexibility index (Phi) is 8.15. The van der Waals surface area contributed by atoms with Gasteiger partial charge < -0.3 is 23.2 Å². The topological polar surface area (TPSA) is 91.9 Å². The van der Waals surface area contributed by atoms with Crippen molar-refractivity contribution in [2.45, 2.75) is 51.0 Å². The van der Waals surface area contributed by atoms with E-state index in [0.29, 0.717) is 40.3 Å². The lowest BCUT2D eigenvalue weighted by atomic mass is 9.92. The van der Waals surface area contributed by atoms with Crippen LogP contribution in [0.4, 0.5) is 8.78 Å². The lowest BCUT2D eigenvalue weighted by Crippen LogP contribution is -2.35. The number of pyridine rings is 1. The standard InChI is InChI=1S/C33H31ClF2N4O5/c1-42-33(41)20-3-5-26-27(14-20)40(16-22-9-13-43-22)29(38-26)17-39-11-7-19(8-12-39)30-32(25(35)6-10-37-30)44-18-21-2-4-24(34)23-15-28(36)45-31(21)23/h2-6,10,14-15,19,22H,7-9,11-13,16-18H2,1H3/t22-/m0/s1. The van der Waals surface area contributed by atoms with E-state index < -0.39 is 17.8 Å². The van der Waals surface area contributed by atoms with E-state index in [2.05, 4.69) is 14.5 Å². The van der Waals surface area contributed by atoms with Crippen LogP contribution < -0.4 is 4.74 Å². The van der Waals surface area contributed by atoms with Crippen LogP contribution in [0.1, 0.15) is 52.6 Å². The van der Waals surface area contributed by atoms with Gasteiger partial charge in [0, 0.05) is 35.7 Å². The number of nitrogens with zero attached hydrogens (tertiary/aromatic N) is 4. The number of furan rings is 1. The second-order valence-corrected chi connectivity index (χ2v) is 11.9. The summed E-state index contributed by atoms with van der Waals surface area (Å²) in [5.41, 5.74) is 3.56. The Morgan fingerprint density at radius 3 is 2.69 bits per heavy atom. The van der Waals surface area contributed by atoms with Gasteiger partial charge in [0.1, 0.15) is 18.0 Å². The third-order valence-corrected chi connectivity index (χ3v) is 9.03. The Morgan fingerprint density at radius 2 is 1.93 bits per heavy atom. The molecule has 12 heteroatoms. The quantitative estimate of drug-likeness (QED) is 0.166. The Bertz CT molecular complexity index is 1880. The van der Waals surface area contributed by atoms with E-state index in [1.807, 2.05) is 12.1 Å². The maximum Gasteiger partial charge on any atom is 0.337 e. The predicted octanol–water partition coefficient (Wildman–Crippen LogP) is 6.64. The van der Waals surface area contributed by atoms with Crippen LogP contribution in [0.3, 0.4) is 0 Å². The van der Waals surface area contributed by atoms with Gasteiger partial charge in [0.2, 0.25) is 0 Å². The molecule has 3 aromatic heterocycles. The van der Waals surface area contributed by atoms with E-state index in [9.17, 15) is 9.18 Å². The summed E-state index contributed by atoms with van der Waals surface area (Å²) in [5, 5.41) is 0.798. The van der Waals surface area contributed by atoms with Crippen molar-refractivity contribution in [3.05, 3.63) is 88.2 Å². The maximum absolute atomic E-state index is 15.1. The zero-order valence-corrected chi connectivity index (χ0v) is 25.4. The molecule has 9 nitrogen and oxygen atoms in total. The Labute approximate surface area is 262 Å². The van der Waals surface area contributed by atoms with E-state index in [1.165, 1.54) is 25.4 Å². The molecule has 0 N–H and O–H groups in total. The number of methoxy groups -OCH3 is 1. The molecule has 1 atom stereocenters. The van der Waals surface area contributed by atoms with Gasteiger partial charge in [0.25, 0.3) is 6.01 Å². The number of hydrogen-bond acceptors (Lipinski definition) is 8. The number of carbonyl (C=O) groups excluding carboxylic acids is 1. The summed E-state index contributed by atoms with van der Waals surface area (Å²) in [4.78, 5) is 24.0. The summed E-state index contributed by atoms with van der Waals surface area (Å²) in [5.74, 6) is 0.0886. The molecule has 0 unspecified atom stereocenters. The van der Waals surface area contributed by atoms with Gasteiger partial charge in [-0.2, -0.15) is 4.39 Å². The lowest BCUT2D eigenvalue weighted by molar-refractivity contribution is -0.0592. The van der Waals surface area contributed by atoms with E-state index in [1.54, 1.807) is 18.2 Å². The van der Waals surface area contributed by atoms with Crippen molar-refractivity contribution in [3.8, 4) is 5.75 Å². The van der Waals surface area contributed by atoms with Crippen molar-refractivity contribution >= 4 is 39.6 Å². The van der Waals surface area contributed by atoms with Gasteiger partial charge in [-0.25, -0.2) is 14.2 Å². The molecule has 2 aromatic carbocycles. The molecule has 5 heterocycles. The average molecular weight is 637 g/mol. The molecule has 5 aromatic rings. The third kappa shape index (κ3) is 5.87. The second-order valence-electron chi connectivity index (χ2n) is 11.5. The summed E-state index contributed by atoms with van der Waals surface area (Å²) in [7, 11) is 1.37. The smallest absolute Gasteiger partial charge is 0.337 e. The van der Waals surface area contributed by atoms with Crippen molar-refractivity contribution in [3.63, 3.8) is 0 Å². The van der Waals surface area contributed by atoms with Crippen LogP contribution in [-0.2, 0) is 29.2 Å². The monoisotopic (exact) mass is 636 g/mol. The fourth-order valence-electron chi connectivity index (χ4n) is 6.19. The van der Waals surface area contributed by atoms with E-state index in [-0.39, 0.29) is 30.0 Å². The van der Waals surface area contributed by atoms with Gasteiger partial charge in [-0.3, -0.25) is 9.88 Å². The fraction of sp³-hybridized carbons (Fsp3) is 0.364. The number of carbonyl (C=O) groups is 1. The van der Waals surface area contributed by atoms with Crippen molar-refractivity contribution in [2.24, 2.45) is 0 Å². The first-order valence-electron chi connectivity index (χ1n) is 14.9. The molecule has 2 fully saturated rings. The molecule has 0 aliphatic carbocycles. The van der Waals surface area contributed by atoms with Crippen molar-refractivity contribution < 1.29 is 32.2 Å². The van der Waals surface area contributed by atoms with Crippen LogP contribution in [-0.4, -0.2) is 58.3 Å². The van der Waals surface area contributed by atoms with Crippen LogP contribution in [0.5, 0.6) is 5.75 Å². The summed E-state index contributed by atoms with van der Waals surface area (Å²) in [6.07, 6.45) is 4.05. The lowest BCUT2D eigenvalue weighted by Gasteiger charge is -2.32. The molecule has 0 saturated carbocycles. The minimum atomic E-state index is -0.753. The molecule has 45 heavy (non-hydrogen) atoms. The summed E-state index contributed by atoms with van der Waals surface area (Å²) >= 11 is 6.19. The average Bonchev–Trinajstić information content (AvgIpc) is 3.59. The third-order valence-electron chi connectivity index (χ3n) is 8.71. The SMILES string of the molecule is COC(=O)c1ccc2nc(CN3CCC(c4nccc(F)c4OCc4ccc(Cl)c5cc(F)oc45)CC3)n(C[C@@H]3CCO3)c2c1. The Hall–Kier alpha value is -4.06. The number of likely N-dealkylation sites (tertiary alicyclic amines) is 1. The normalized spacial score (nSPS) is 17.6. The number of benzene rings is 2. The van der Waals surface area contributed by atoms with E-state index in [0.717, 1.165) is 55.8 Å². The molecule has 0 spiro atoms. The minimum absolute atomic E-state index is 0.0111.